The number of fused-ring (bicyclic) bond motifs is 1. The fraction of sp³-hybridized carbons (Fsp3) is 0.167. The third kappa shape index (κ3) is 4.29. The SMILES string of the molecule is Cn1c([C@H](NC(=O)NCCc2ccccc2)c2ccccc2)nc2ccccc21. The Hall–Kier alpha value is -3.60. The minimum Gasteiger partial charge on any atom is -0.338 e. The number of para-hydroxylation sites is 2. The first-order valence-electron chi connectivity index (χ1n) is 9.77. The molecule has 0 fully saturated rings. The molecule has 0 bridgehead atoms. The van der Waals surface area contributed by atoms with Crippen LogP contribution in [0.15, 0.2) is 84.9 Å². The van der Waals surface area contributed by atoms with Gasteiger partial charge in [0.15, 0.2) is 0 Å². The second kappa shape index (κ2) is 8.61. The molecule has 0 saturated carbocycles. The molecular formula is C24H24N4O. The highest BCUT2D eigenvalue weighted by atomic mass is 16.2. The van der Waals surface area contributed by atoms with E-state index in [0.717, 1.165) is 28.8 Å². The van der Waals surface area contributed by atoms with Crippen molar-refractivity contribution in [2.24, 2.45) is 7.05 Å². The molecule has 29 heavy (non-hydrogen) atoms. The molecule has 2 amide bonds. The maximum atomic E-state index is 12.7. The number of carbonyl (C=O) groups is 1. The summed E-state index contributed by atoms with van der Waals surface area (Å²) in [5, 5.41) is 6.07. The van der Waals surface area contributed by atoms with E-state index in [0.29, 0.717) is 6.54 Å². The third-order valence-corrected chi connectivity index (χ3v) is 5.03. The minimum atomic E-state index is -0.342. The number of hydrogen-bond acceptors (Lipinski definition) is 2. The molecule has 0 saturated heterocycles. The Morgan fingerprint density at radius 3 is 2.31 bits per heavy atom. The van der Waals surface area contributed by atoms with Crippen LogP contribution < -0.4 is 10.6 Å². The molecule has 4 rings (SSSR count). The number of aromatic nitrogens is 2. The summed E-state index contributed by atoms with van der Waals surface area (Å²) in [6.45, 7) is 0.569. The van der Waals surface area contributed by atoms with E-state index in [4.69, 9.17) is 4.98 Å². The molecule has 1 atom stereocenters. The Morgan fingerprint density at radius 1 is 0.931 bits per heavy atom. The van der Waals surface area contributed by atoms with Crippen LogP contribution in [0.2, 0.25) is 0 Å². The molecule has 3 aromatic carbocycles. The van der Waals surface area contributed by atoms with Crippen molar-refractivity contribution in [2.45, 2.75) is 12.5 Å². The van der Waals surface area contributed by atoms with Crippen LogP contribution in [0.3, 0.4) is 0 Å². The topological polar surface area (TPSA) is 59.0 Å². The van der Waals surface area contributed by atoms with E-state index in [9.17, 15) is 4.79 Å². The van der Waals surface area contributed by atoms with E-state index < -0.39 is 0 Å². The number of hydrogen-bond donors (Lipinski definition) is 2. The van der Waals surface area contributed by atoms with Gasteiger partial charge in [0.25, 0.3) is 0 Å². The number of benzene rings is 3. The molecule has 5 heteroatoms. The molecule has 0 aliphatic carbocycles. The van der Waals surface area contributed by atoms with Crippen LogP contribution in [-0.2, 0) is 13.5 Å². The number of rotatable bonds is 6. The second-order valence-corrected chi connectivity index (χ2v) is 7.00. The Bertz CT molecular complexity index is 1090. The zero-order chi connectivity index (χ0) is 20.1. The zero-order valence-electron chi connectivity index (χ0n) is 16.4. The molecule has 5 nitrogen and oxygen atoms in total. The first-order valence-corrected chi connectivity index (χ1v) is 9.77. The average molecular weight is 384 g/mol. The molecule has 1 aromatic heterocycles. The van der Waals surface area contributed by atoms with Crippen molar-refractivity contribution in [2.75, 3.05) is 6.54 Å². The van der Waals surface area contributed by atoms with Gasteiger partial charge in [-0.15, -0.1) is 0 Å². The molecule has 0 aliphatic heterocycles. The maximum absolute atomic E-state index is 12.7. The van der Waals surface area contributed by atoms with E-state index in [1.807, 2.05) is 84.4 Å². The fourth-order valence-electron chi connectivity index (χ4n) is 3.51. The zero-order valence-corrected chi connectivity index (χ0v) is 16.4. The first kappa shape index (κ1) is 18.7. The predicted octanol–water partition coefficient (Wildman–Crippen LogP) is 4.20. The van der Waals surface area contributed by atoms with Crippen LogP contribution in [0.4, 0.5) is 4.79 Å². The summed E-state index contributed by atoms with van der Waals surface area (Å²) >= 11 is 0. The predicted molar refractivity (Wildman–Crippen MR) is 116 cm³/mol. The highest BCUT2D eigenvalue weighted by Crippen LogP contribution is 2.24. The van der Waals surface area contributed by atoms with Gasteiger partial charge >= 0.3 is 6.03 Å². The van der Waals surface area contributed by atoms with Crippen LogP contribution in [0.25, 0.3) is 11.0 Å². The van der Waals surface area contributed by atoms with Gasteiger partial charge in [-0.2, -0.15) is 0 Å². The second-order valence-electron chi connectivity index (χ2n) is 7.00. The van der Waals surface area contributed by atoms with Gasteiger partial charge in [-0.3, -0.25) is 0 Å². The summed E-state index contributed by atoms with van der Waals surface area (Å²) in [7, 11) is 1.98. The largest absolute Gasteiger partial charge is 0.338 e. The van der Waals surface area contributed by atoms with Crippen molar-refractivity contribution in [3.8, 4) is 0 Å². The molecule has 1 heterocycles. The van der Waals surface area contributed by atoms with E-state index >= 15 is 0 Å². The monoisotopic (exact) mass is 384 g/mol. The van der Waals surface area contributed by atoms with E-state index in [2.05, 4.69) is 22.8 Å². The quantitative estimate of drug-likeness (QED) is 0.523. The number of aryl methyl sites for hydroxylation is 1. The van der Waals surface area contributed by atoms with Gasteiger partial charge in [0.1, 0.15) is 11.9 Å². The fourth-order valence-corrected chi connectivity index (χ4v) is 3.51. The highest BCUT2D eigenvalue weighted by molar-refractivity contribution is 5.77. The van der Waals surface area contributed by atoms with Gasteiger partial charge in [0.05, 0.1) is 11.0 Å². The number of urea groups is 1. The smallest absolute Gasteiger partial charge is 0.315 e. The Labute approximate surface area is 170 Å². The molecule has 0 radical (unpaired) electrons. The molecule has 0 spiro atoms. The lowest BCUT2D eigenvalue weighted by atomic mass is 10.1. The van der Waals surface area contributed by atoms with E-state index in [1.165, 1.54) is 5.56 Å². The van der Waals surface area contributed by atoms with Crippen LogP contribution in [0, 0.1) is 0 Å². The van der Waals surface area contributed by atoms with Gasteiger partial charge in [-0.1, -0.05) is 72.8 Å². The van der Waals surface area contributed by atoms with Crippen LogP contribution >= 0.6 is 0 Å². The van der Waals surface area contributed by atoms with Gasteiger partial charge in [0, 0.05) is 13.6 Å². The van der Waals surface area contributed by atoms with Crippen molar-refractivity contribution < 1.29 is 4.79 Å². The average Bonchev–Trinajstić information content (AvgIpc) is 3.10. The molecule has 4 aromatic rings. The molecule has 0 aliphatic rings. The van der Waals surface area contributed by atoms with Gasteiger partial charge in [-0.05, 0) is 29.7 Å². The van der Waals surface area contributed by atoms with Crippen molar-refractivity contribution >= 4 is 17.1 Å². The van der Waals surface area contributed by atoms with E-state index in [-0.39, 0.29) is 12.1 Å². The van der Waals surface area contributed by atoms with E-state index in [1.54, 1.807) is 0 Å². The summed E-state index contributed by atoms with van der Waals surface area (Å²) < 4.78 is 2.04. The van der Waals surface area contributed by atoms with Gasteiger partial charge in [0.2, 0.25) is 0 Å². The maximum Gasteiger partial charge on any atom is 0.315 e. The normalized spacial score (nSPS) is 11.9. The van der Waals surface area contributed by atoms with Crippen LogP contribution in [-0.4, -0.2) is 22.1 Å². The minimum absolute atomic E-state index is 0.207. The lowest BCUT2D eigenvalue weighted by Crippen LogP contribution is -2.40. The molecule has 2 N–H and O–H groups in total. The molecule has 0 unspecified atom stereocenters. The Balaban J connectivity index is 1.53. The summed E-state index contributed by atoms with van der Waals surface area (Å²) in [6, 6.07) is 27.5. The van der Waals surface area contributed by atoms with Crippen LogP contribution in [0.5, 0.6) is 0 Å². The number of nitrogens with one attached hydrogen (secondary N) is 2. The summed E-state index contributed by atoms with van der Waals surface area (Å²) in [5.41, 5.74) is 4.14. The summed E-state index contributed by atoms with van der Waals surface area (Å²) in [5.74, 6) is 0.801. The Kier molecular flexibility index (Phi) is 5.56. The lowest BCUT2D eigenvalue weighted by Gasteiger charge is -2.19. The Morgan fingerprint density at radius 2 is 1.59 bits per heavy atom. The molecular weight excluding hydrogens is 360 g/mol. The van der Waals surface area contributed by atoms with Crippen molar-refractivity contribution in [3.05, 3.63) is 102 Å². The van der Waals surface area contributed by atoms with Crippen molar-refractivity contribution in [1.29, 1.82) is 0 Å². The van der Waals surface area contributed by atoms with Crippen molar-refractivity contribution in [1.82, 2.24) is 20.2 Å². The highest BCUT2D eigenvalue weighted by Gasteiger charge is 2.22. The third-order valence-electron chi connectivity index (χ3n) is 5.03. The number of amides is 2. The van der Waals surface area contributed by atoms with Gasteiger partial charge < -0.3 is 15.2 Å². The first-order chi connectivity index (χ1) is 14.2. The lowest BCUT2D eigenvalue weighted by molar-refractivity contribution is 0.238. The van der Waals surface area contributed by atoms with Crippen LogP contribution in [0.1, 0.15) is 23.0 Å². The van der Waals surface area contributed by atoms with Crippen molar-refractivity contribution in [3.63, 3.8) is 0 Å². The standard InChI is InChI=1S/C24H24N4O/c1-28-21-15-9-8-14-20(21)26-23(28)22(19-12-6-3-7-13-19)27-24(29)25-17-16-18-10-4-2-5-11-18/h2-15,22H,16-17H2,1H3,(H2,25,27,29)/t22-/m1/s1. The van der Waals surface area contributed by atoms with Gasteiger partial charge in [-0.25, -0.2) is 9.78 Å². The summed E-state index contributed by atoms with van der Waals surface area (Å²) in [4.78, 5) is 17.4. The number of nitrogens with zero attached hydrogens (tertiary/aromatic N) is 2. The molecule has 146 valence electrons. The summed E-state index contributed by atoms with van der Waals surface area (Å²) in [6.07, 6.45) is 0.788. The number of imidazole rings is 1. The number of carbonyl (C=O) groups excluding carboxylic acids is 1.